The Balaban J connectivity index is 1.21. The standard InChI is InChI=1S/C29H27F2NO7/c1-28(16-36-24-13-26-25(12-21(24)28)38-29(30,31)39-26)27(33)32-22-10-19(15-35-14-17-6-4-3-5-7-17)37-23-11-18(34-2)8-9-20(22)23/h3-9,11-13,19,22H,10,14-16H2,1-2H3,(H,32,33)/t19-,22-,28?/m1/s1. The number of fused-ring (bicyclic) bond motifs is 3. The maximum absolute atomic E-state index is 13.8. The van der Waals surface area contributed by atoms with E-state index in [0.717, 1.165) is 11.1 Å². The third-order valence-electron chi connectivity index (χ3n) is 7.22. The third-order valence-corrected chi connectivity index (χ3v) is 7.22. The Morgan fingerprint density at radius 1 is 1.03 bits per heavy atom. The number of hydrogen-bond acceptors (Lipinski definition) is 7. The van der Waals surface area contributed by atoms with Crippen LogP contribution in [0.15, 0.2) is 60.7 Å². The zero-order valence-electron chi connectivity index (χ0n) is 21.4. The molecule has 10 heteroatoms. The Morgan fingerprint density at radius 2 is 1.79 bits per heavy atom. The van der Waals surface area contributed by atoms with Crippen LogP contribution in [0.4, 0.5) is 8.78 Å². The number of carbonyl (C=O) groups excluding carboxylic acids is 1. The molecule has 204 valence electrons. The van der Waals surface area contributed by atoms with Gasteiger partial charge in [0.25, 0.3) is 0 Å². The SMILES string of the molecule is COc1ccc2c(c1)O[C@@H](COCc1ccccc1)C[C@H]2NC(=O)C1(C)COc2cc3c(cc21)OC(F)(F)O3. The molecule has 6 rings (SSSR count). The average Bonchev–Trinajstić information content (AvgIpc) is 3.41. The fourth-order valence-corrected chi connectivity index (χ4v) is 5.10. The molecule has 1 N–H and O–H groups in total. The lowest BCUT2D eigenvalue weighted by atomic mass is 9.82. The molecule has 39 heavy (non-hydrogen) atoms. The highest BCUT2D eigenvalue weighted by Crippen LogP contribution is 2.50. The first kappa shape index (κ1) is 25.2. The molecule has 8 nitrogen and oxygen atoms in total. The molecule has 3 aromatic rings. The van der Waals surface area contributed by atoms with Crippen molar-refractivity contribution in [2.75, 3.05) is 20.3 Å². The molecule has 0 bridgehead atoms. The minimum atomic E-state index is -3.76. The van der Waals surface area contributed by atoms with Crippen LogP contribution in [-0.4, -0.2) is 38.6 Å². The zero-order valence-corrected chi connectivity index (χ0v) is 21.4. The summed E-state index contributed by atoms with van der Waals surface area (Å²) in [5.41, 5.74) is 1.16. The van der Waals surface area contributed by atoms with Gasteiger partial charge in [0.15, 0.2) is 11.5 Å². The lowest BCUT2D eigenvalue weighted by Crippen LogP contribution is -2.47. The van der Waals surface area contributed by atoms with Gasteiger partial charge in [-0.1, -0.05) is 30.3 Å². The van der Waals surface area contributed by atoms with Crippen LogP contribution in [-0.2, 0) is 21.6 Å². The van der Waals surface area contributed by atoms with Crippen LogP contribution in [0.3, 0.4) is 0 Å². The van der Waals surface area contributed by atoms with Crippen molar-refractivity contribution in [3.05, 3.63) is 77.4 Å². The van der Waals surface area contributed by atoms with Crippen molar-refractivity contribution in [1.82, 2.24) is 5.32 Å². The monoisotopic (exact) mass is 539 g/mol. The zero-order chi connectivity index (χ0) is 27.2. The molecule has 1 amide bonds. The normalized spacial score (nSPS) is 23.7. The second-order valence-electron chi connectivity index (χ2n) is 9.99. The van der Waals surface area contributed by atoms with E-state index in [1.54, 1.807) is 20.1 Å². The highest BCUT2D eigenvalue weighted by atomic mass is 19.3. The van der Waals surface area contributed by atoms with Gasteiger partial charge in [-0.25, -0.2) is 0 Å². The summed E-state index contributed by atoms with van der Waals surface area (Å²) in [6, 6.07) is 17.6. The molecule has 0 saturated carbocycles. The van der Waals surface area contributed by atoms with Gasteiger partial charge in [-0.2, -0.15) is 0 Å². The molecule has 3 aliphatic rings. The Labute approximate surface area is 223 Å². The molecule has 0 aromatic heterocycles. The Kier molecular flexibility index (Phi) is 6.22. The molecule has 1 unspecified atom stereocenters. The van der Waals surface area contributed by atoms with Crippen LogP contribution in [0.2, 0.25) is 0 Å². The molecule has 3 aliphatic heterocycles. The molecule has 0 fully saturated rings. The van der Waals surface area contributed by atoms with E-state index in [0.29, 0.717) is 42.4 Å². The van der Waals surface area contributed by atoms with Gasteiger partial charge >= 0.3 is 6.29 Å². The molecule has 0 aliphatic carbocycles. The van der Waals surface area contributed by atoms with E-state index in [1.807, 2.05) is 42.5 Å². The van der Waals surface area contributed by atoms with Gasteiger partial charge < -0.3 is 33.7 Å². The Morgan fingerprint density at radius 3 is 2.56 bits per heavy atom. The van der Waals surface area contributed by atoms with E-state index < -0.39 is 17.8 Å². The summed E-state index contributed by atoms with van der Waals surface area (Å²) in [4.78, 5) is 13.8. The lowest BCUT2D eigenvalue weighted by Gasteiger charge is -2.34. The second-order valence-corrected chi connectivity index (χ2v) is 9.99. The fraction of sp³-hybridized carbons (Fsp3) is 0.345. The number of benzene rings is 3. The van der Waals surface area contributed by atoms with Crippen molar-refractivity contribution in [2.24, 2.45) is 0 Å². The number of amides is 1. The van der Waals surface area contributed by atoms with Crippen LogP contribution in [0.1, 0.15) is 36.1 Å². The molecule has 3 heterocycles. The number of halogens is 2. The van der Waals surface area contributed by atoms with Gasteiger partial charge in [0.1, 0.15) is 35.4 Å². The van der Waals surface area contributed by atoms with Crippen molar-refractivity contribution in [2.45, 2.75) is 43.8 Å². The minimum absolute atomic E-state index is 0.0375. The Bertz CT molecular complexity index is 1400. The molecule has 0 saturated heterocycles. The summed E-state index contributed by atoms with van der Waals surface area (Å²) in [7, 11) is 1.57. The summed E-state index contributed by atoms with van der Waals surface area (Å²) in [6.45, 7) is 2.50. The van der Waals surface area contributed by atoms with E-state index >= 15 is 0 Å². The number of rotatable bonds is 7. The average molecular weight is 540 g/mol. The summed E-state index contributed by atoms with van der Waals surface area (Å²) in [6.07, 6.45) is -3.62. The number of carbonyl (C=O) groups is 1. The van der Waals surface area contributed by atoms with Crippen molar-refractivity contribution in [1.29, 1.82) is 0 Å². The van der Waals surface area contributed by atoms with Gasteiger partial charge in [0, 0.05) is 29.7 Å². The van der Waals surface area contributed by atoms with Crippen LogP contribution < -0.4 is 29.0 Å². The van der Waals surface area contributed by atoms with Crippen molar-refractivity contribution >= 4 is 5.91 Å². The maximum Gasteiger partial charge on any atom is 0.586 e. The number of hydrogen-bond donors (Lipinski definition) is 1. The largest absolute Gasteiger partial charge is 0.586 e. The maximum atomic E-state index is 13.8. The predicted octanol–water partition coefficient (Wildman–Crippen LogP) is 4.89. The first-order valence-corrected chi connectivity index (χ1v) is 12.6. The lowest BCUT2D eigenvalue weighted by molar-refractivity contribution is -0.286. The Hall–Kier alpha value is -4.05. The minimum Gasteiger partial charge on any atom is -0.497 e. The molecular weight excluding hydrogens is 512 g/mol. The summed E-state index contributed by atoms with van der Waals surface area (Å²) in [5.74, 6) is 0.943. The number of ether oxygens (including phenoxy) is 6. The van der Waals surface area contributed by atoms with Crippen LogP contribution in [0.25, 0.3) is 0 Å². The number of nitrogens with one attached hydrogen (secondary N) is 1. The molecule has 0 radical (unpaired) electrons. The van der Waals surface area contributed by atoms with E-state index in [4.69, 9.17) is 18.9 Å². The van der Waals surface area contributed by atoms with E-state index in [1.165, 1.54) is 12.1 Å². The first-order chi connectivity index (χ1) is 18.7. The van der Waals surface area contributed by atoms with E-state index in [2.05, 4.69) is 14.8 Å². The highest BCUT2D eigenvalue weighted by molar-refractivity contribution is 5.90. The van der Waals surface area contributed by atoms with Gasteiger partial charge in [-0.3, -0.25) is 4.79 Å². The molecule has 3 atom stereocenters. The smallest absolute Gasteiger partial charge is 0.497 e. The topological polar surface area (TPSA) is 84.5 Å². The van der Waals surface area contributed by atoms with Crippen LogP contribution >= 0.6 is 0 Å². The van der Waals surface area contributed by atoms with E-state index in [-0.39, 0.29) is 30.1 Å². The fourth-order valence-electron chi connectivity index (χ4n) is 5.10. The summed E-state index contributed by atoms with van der Waals surface area (Å²) in [5, 5.41) is 3.14. The number of methoxy groups -OCH3 is 1. The predicted molar refractivity (Wildman–Crippen MR) is 135 cm³/mol. The van der Waals surface area contributed by atoms with Gasteiger partial charge in [-0.15, -0.1) is 8.78 Å². The second kappa shape index (κ2) is 9.60. The summed E-state index contributed by atoms with van der Waals surface area (Å²) >= 11 is 0. The third kappa shape index (κ3) is 4.80. The molecule has 3 aromatic carbocycles. The van der Waals surface area contributed by atoms with Crippen molar-refractivity contribution < 1.29 is 42.0 Å². The molecule has 0 spiro atoms. The highest BCUT2D eigenvalue weighted by Gasteiger charge is 2.49. The van der Waals surface area contributed by atoms with Gasteiger partial charge in [-0.05, 0) is 30.7 Å². The quantitative estimate of drug-likeness (QED) is 0.458. The van der Waals surface area contributed by atoms with Gasteiger partial charge in [0.05, 0.1) is 26.4 Å². The van der Waals surface area contributed by atoms with Crippen molar-refractivity contribution in [3.63, 3.8) is 0 Å². The van der Waals surface area contributed by atoms with Gasteiger partial charge in [0.2, 0.25) is 5.91 Å². The first-order valence-electron chi connectivity index (χ1n) is 12.6. The molecular formula is C29H27F2NO7. The van der Waals surface area contributed by atoms with E-state index in [9.17, 15) is 13.6 Å². The van der Waals surface area contributed by atoms with Crippen LogP contribution in [0.5, 0.6) is 28.7 Å². The van der Waals surface area contributed by atoms with Crippen LogP contribution in [0, 0.1) is 0 Å². The number of alkyl halides is 2. The van der Waals surface area contributed by atoms with Crippen molar-refractivity contribution in [3.8, 4) is 28.7 Å². The summed E-state index contributed by atoms with van der Waals surface area (Å²) < 4.78 is 59.6.